The molecule has 0 amide bonds. The Bertz CT molecular complexity index is 787. The number of rotatable bonds is 2. The van der Waals surface area contributed by atoms with Crippen molar-refractivity contribution in [3.63, 3.8) is 0 Å². The molecule has 2 aromatic carbocycles. The normalized spacial score (nSPS) is 15.5. The molecule has 1 heterocycles. The molecule has 0 aliphatic carbocycles. The summed E-state index contributed by atoms with van der Waals surface area (Å²) >= 11 is 0. The molecule has 1 aliphatic heterocycles. The van der Waals surface area contributed by atoms with E-state index in [4.69, 9.17) is 4.74 Å². The predicted molar refractivity (Wildman–Crippen MR) is 83.3 cm³/mol. The van der Waals surface area contributed by atoms with Crippen LogP contribution in [-0.4, -0.2) is 21.8 Å². The molecule has 22 heavy (non-hydrogen) atoms. The summed E-state index contributed by atoms with van der Waals surface area (Å²) in [5.41, 5.74) is 1.73. The molecule has 0 saturated carbocycles. The fraction of sp³-hybridized carbons (Fsp3) is 0.167. The number of benzene rings is 2. The molecule has 0 saturated heterocycles. The molecule has 0 unspecified atom stereocenters. The van der Waals surface area contributed by atoms with Crippen LogP contribution < -0.4 is 4.74 Å². The summed E-state index contributed by atoms with van der Waals surface area (Å²) < 4.78 is 5.89. The SMILES string of the molecule is CC1(C)C=C(c2ccccc2O)c2cc(C(=O)O)ccc2O1. The summed E-state index contributed by atoms with van der Waals surface area (Å²) in [5, 5.41) is 19.3. The van der Waals surface area contributed by atoms with E-state index in [1.54, 1.807) is 30.3 Å². The average molecular weight is 296 g/mol. The van der Waals surface area contributed by atoms with Gasteiger partial charge in [0.15, 0.2) is 0 Å². The lowest BCUT2D eigenvalue weighted by atomic mass is 9.88. The zero-order valence-corrected chi connectivity index (χ0v) is 12.3. The van der Waals surface area contributed by atoms with Gasteiger partial charge in [0.1, 0.15) is 17.1 Å². The van der Waals surface area contributed by atoms with Crippen LogP contribution >= 0.6 is 0 Å². The van der Waals surface area contributed by atoms with Crippen molar-refractivity contribution in [3.8, 4) is 11.5 Å². The number of fused-ring (bicyclic) bond motifs is 1. The molecule has 2 N–H and O–H groups in total. The Hall–Kier alpha value is -2.75. The van der Waals surface area contributed by atoms with E-state index >= 15 is 0 Å². The molecule has 2 aromatic rings. The molecule has 3 rings (SSSR count). The first-order valence-corrected chi connectivity index (χ1v) is 6.95. The summed E-state index contributed by atoms with van der Waals surface area (Å²) in [6.07, 6.45) is 1.90. The molecule has 0 spiro atoms. The second-order valence-electron chi connectivity index (χ2n) is 5.80. The standard InChI is InChI=1S/C18H16O4/c1-18(2)10-14(12-5-3-4-6-15(12)19)13-9-11(17(20)21)7-8-16(13)22-18/h3-10,19H,1-2H3,(H,20,21). The van der Waals surface area contributed by atoms with Crippen LogP contribution in [0.2, 0.25) is 0 Å². The second kappa shape index (κ2) is 4.91. The second-order valence-corrected chi connectivity index (χ2v) is 5.80. The molecule has 0 fully saturated rings. The minimum atomic E-state index is -0.996. The van der Waals surface area contributed by atoms with E-state index < -0.39 is 11.6 Å². The van der Waals surface area contributed by atoms with Crippen molar-refractivity contribution in [1.29, 1.82) is 0 Å². The van der Waals surface area contributed by atoms with Gasteiger partial charge < -0.3 is 14.9 Å². The van der Waals surface area contributed by atoms with Gasteiger partial charge in [0, 0.05) is 11.1 Å². The minimum absolute atomic E-state index is 0.151. The van der Waals surface area contributed by atoms with Crippen molar-refractivity contribution in [3.05, 3.63) is 65.2 Å². The molecular formula is C18H16O4. The van der Waals surface area contributed by atoms with Crippen LogP contribution in [-0.2, 0) is 0 Å². The number of hydrogen-bond acceptors (Lipinski definition) is 3. The van der Waals surface area contributed by atoms with Crippen molar-refractivity contribution < 1.29 is 19.7 Å². The third kappa shape index (κ3) is 2.44. The topological polar surface area (TPSA) is 66.8 Å². The highest BCUT2D eigenvalue weighted by Crippen LogP contribution is 2.42. The van der Waals surface area contributed by atoms with Gasteiger partial charge in [-0.25, -0.2) is 4.79 Å². The Morgan fingerprint density at radius 1 is 1.09 bits per heavy atom. The van der Waals surface area contributed by atoms with Gasteiger partial charge in [-0.2, -0.15) is 0 Å². The number of carboxylic acid groups (broad SMARTS) is 1. The number of aromatic hydroxyl groups is 1. The lowest BCUT2D eigenvalue weighted by Gasteiger charge is -2.31. The van der Waals surface area contributed by atoms with Crippen LogP contribution in [0, 0.1) is 0 Å². The molecule has 112 valence electrons. The van der Waals surface area contributed by atoms with Gasteiger partial charge in [-0.3, -0.25) is 0 Å². The number of hydrogen-bond donors (Lipinski definition) is 2. The van der Waals surface area contributed by atoms with Crippen molar-refractivity contribution in [1.82, 2.24) is 0 Å². The zero-order valence-electron chi connectivity index (χ0n) is 12.3. The van der Waals surface area contributed by atoms with E-state index in [0.29, 0.717) is 16.9 Å². The smallest absolute Gasteiger partial charge is 0.335 e. The fourth-order valence-corrected chi connectivity index (χ4v) is 2.62. The van der Waals surface area contributed by atoms with Gasteiger partial charge in [0.25, 0.3) is 0 Å². The molecule has 0 aromatic heterocycles. The Balaban J connectivity index is 2.25. The predicted octanol–water partition coefficient (Wildman–Crippen LogP) is 3.69. The Labute approximate surface area is 128 Å². The van der Waals surface area contributed by atoms with Crippen LogP contribution in [0.1, 0.15) is 35.3 Å². The monoisotopic (exact) mass is 296 g/mol. The van der Waals surface area contributed by atoms with Crippen molar-refractivity contribution in [2.75, 3.05) is 0 Å². The Kier molecular flexibility index (Phi) is 3.17. The van der Waals surface area contributed by atoms with Crippen LogP contribution in [0.4, 0.5) is 0 Å². The van der Waals surface area contributed by atoms with Crippen LogP contribution in [0.5, 0.6) is 11.5 Å². The van der Waals surface area contributed by atoms with E-state index in [1.165, 1.54) is 6.07 Å². The van der Waals surface area contributed by atoms with Crippen molar-refractivity contribution in [2.45, 2.75) is 19.4 Å². The minimum Gasteiger partial charge on any atom is -0.507 e. The van der Waals surface area contributed by atoms with E-state index in [0.717, 1.165) is 5.57 Å². The van der Waals surface area contributed by atoms with E-state index in [-0.39, 0.29) is 11.3 Å². The highest BCUT2D eigenvalue weighted by Gasteiger charge is 2.28. The number of aromatic carboxylic acids is 1. The molecule has 4 nitrogen and oxygen atoms in total. The molecule has 0 atom stereocenters. The highest BCUT2D eigenvalue weighted by atomic mass is 16.5. The third-order valence-corrected chi connectivity index (χ3v) is 3.58. The first-order valence-electron chi connectivity index (χ1n) is 6.95. The van der Waals surface area contributed by atoms with E-state index in [1.807, 2.05) is 26.0 Å². The molecule has 1 aliphatic rings. The van der Waals surface area contributed by atoms with Crippen LogP contribution in [0.3, 0.4) is 0 Å². The van der Waals surface area contributed by atoms with Gasteiger partial charge in [0.05, 0.1) is 5.56 Å². The maximum absolute atomic E-state index is 11.2. The number of ether oxygens (including phenoxy) is 1. The summed E-state index contributed by atoms with van der Waals surface area (Å²) in [6, 6.07) is 11.8. The van der Waals surface area contributed by atoms with Crippen molar-refractivity contribution >= 4 is 11.5 Å². The molecule has 0 bridgehead atoms. The number of carbonyl (C=O) groups is 1. The van der Waals surface area contributed by atoms with Gasteiger partial charge in [-0.05, 0) is 49.8 Å². The number of para-hydroxylation sites is 1. The summed E-state index contributed by atoms with van der Waals surface area (Å²) in [7, 11) is 0. The summed E-state index contributed by atoms with van der Waals surface area (Å²) in [4.78, 5) is 11.2. The largest absolute Gasteiger partial charge is 0.507 e. The van der Waals surface area contributed by atoms with Crippen LogP contribution in [0.15, 0.2) is 48.5 Å². The highest BCUT2D eigenvalue weighted by molar-refractivity contribution is 5.93. The van der Waals surface area contributed by atoms with Gasteiger partial charge in [0.2, 0.25) is 0 Å². The van der Waals surface area contributed by atoms with E-state index in [9.17, 15) is 15.0 Å². The molecule has 0 radical (unpaired) electrons. The third-order valence-electron chi connectivity index (χ3n) is 3.58. The number of phenolic OH excluding ortho intramolecular Hbond substituents is 1. The first-order chi connectivity index (χ1) is 10.4. The molecular weight excluding hydrogens is 280 g/mol. The fourth-order valence-electron chi connectivity index (χ4n) is 2.62. The quantitative estimate of drug-likeness (QED) is 0.887. The summed E-state index contributed by atoms with van der Waals surface area (Å²) in [5.74, 6) is -0.238. The van der Waals surface area contributed by atoms with Gasteiger partial charge in [-0.1, -0.05) is 18.2 Å². The summed E-state index contributed by atoms with van der Waals surface area (Å²) in [6.45, 7) is 3.84. The number of phenols is 1. The van der Waals surface area contributed by atoms with Crippen molar-refractivity contribution in [2.24, 2.45) is 0 Å². The Morgan fingerprint density at radius 3 is 2.50 bits per heavy atom. The number of carboxylic acids is 1. The maximum Gasteiger partial charge on any atom is 0.335 e. The maximum atomic E-state index is 11.2. The first kappa shape index (κ1) is 14.2. The van der Waals surface area contributed by atoms with E-state index in [2.05, 4.69) is 0 Å². The van der Waals surface area contributed by atoms with Gasteiger partial charge in [-0.15, -0.1) is 0 Å². The lowest BCUT2D eigenvalue weighted by Crippen LogP contribution is -2.29. The Morgan fingerprint density at radius 2 is 1.82 bits per heavy atom. The van der Waals surface area contributed by atoms with Gasteiger partial charge >= 0.3 is 5.97 Å². The van der Waals surface area contributed by atoms with Crippen LogP contribution in [0.25, 0.3) is 5.57 Å². The zero-order chi connectivity index (χ0) is 15.9. The average Bonchev–Trinajstić information content (AvgIpc) is 2.45. The molecule has 4 heteroatoms. The lowest BCUT2D eigenvalue weighted by molar-refractivity contribution is 0.0696.